The van der Waals surface area contributed by atoms with E-state index in [4.69, 9.17) is 9.47 Å². The molecule has 0 aliphatic carbocycles. The lowest BCUT2D eigenvalue weighted by Gasteiger charge is -2.19. The fourth-order valence-corrected chi connectivity index (χ4v) is 2.98. The van der Waals surface area contributed by atoms with Gasteiger partial charge in [0, 0.05) is 11.8 Å². The van der Waals surface area contributed by atoms with Crippen molar-refractivity contribution in [3.8, 4) is 5.69 Å². The third-order valence-corrected chi connectivity index (χ3v) is 4.52. The van der Waals surface area contributed by atoms with Crippen LogP contribution in [0, 0.1) is 6.92 Å². The summed E-state index contributed by atoms with van der Waals surface area (Å²) >= 11 is 0. The number of carbonyl (C=O) groups is 3. The van der Waals surface area contributed by atoms with Crippen LogP contribution in [0.1, 0.15) is 64.5 Å². The summed E-state index contributed by atoms with van der Waals surface area (Å²) in [5, 5.41) is 6.92. The monoisotopic (exact) mass is 450 g/mol. The van der Waals surface area contributed by atoms with Gasteiger partial charge in [0.2, 0.25) is 0 Å². The predicted octanol–water partition coefficient (Wildman–Crippen LogP) is 3.96. The van der Waals surface area contributed by atoms with Crippen LogP contribution in [0.25, 0.3) is 5.69 Å². The van der Waals surface area contributed by atoms with Gasteiger partial charge in [-0.25, -0.2) is 19.3 Å². The Kier molecular flexibility index (Phi) is 6.91. The third-order valence-electron chi connectivity index (χ3n) is 4.52. The minimum atomic E-state index is -0.629. The van der Waals surface area contributed by atoms with Crippen molar-refractivity contribution < 1.29 is 23.9 Å². The van der Waals surface area contributed by atoms with Gasteiger partial charge in [0.25, 0.3) is 5.91 Å². The Morgan fingerprint density at radius 2 is 1.73 bits per heavy atom. The van der Waals surface area contributed by atoms with Crippen molar-refractivity contribution in [1.29, 1.82) is 0 Å². The number of carbonyl (C=O) groups excluding carboxylic acids is 3. The molecule has 3 aromatic rings. The lowest BCUT2D eigenvalue weighted by atomic mass is 10.1. The molecule has 2 aromatic heterocycles. The minimum Gasteiger partial charge on any atom is -0.462 e. The Hall–Kier alpha value is -4.01. The van der Waals surface area contributed by atoms with Crippen molar-refractivity contribution in [3.63, 3.8) is 0 Å². The van der Waals surface area contributed by atoms with Crippen LogP contribution in [0.2, 0.25) is 0 Å². The number of aromatic nitrogens is 3. The number of nitrogens with zero attached hydrogens (tertiary/aromatic N) is 3. The summed E-state index contributed by atoms with van der Waals surface area (Å²) in [4.78, 5) is 41.0. The molecular formula is C24H26N4O5. The van der Waals surface area contributed by atoms with Crippen LogP contribution in [0.15, 0.2) is 48.8 Å². The van der Waals surface area contributed by atoms with E-state index < -0.39 is 17.5 Å². The average molecular weight is 450 g/mol. The summed E-state index contributed by atoms with van der Waals surface area (Å²) in [7, 11) is 0. The number of anilines is 1. The van der Waals surface area contributed by atoms with Crippen LogP contribution < -0.4 is 5.32 Å². The molecule has 0 aliphatic rings. The van der Waals surface area contributed by atoms with Crippen LogP contribution in [-0.2, 0) is 9.47 Å². The van der Waals surface area contributed by atoms with E-state index in [2.05, 4.69) is 15.4 Å². The number of nitrogens with one attached hydrogen (secondary N) is 1. The maximum Gasteiger partial charge on any atom is 0.341 e. The molecule has 2 heterocycles. The molecular weight excluding hydrogens is 424 g/mol. The van der Waals surface area contributed by atoms with Gasteiger partial charge in [-0.3, -0.25) is 4.79 Å². The van der Waals surface area contributed by atoms with Crippen LogP contribution in [0.5, 0.6) is 0 Å². The SMILES string of the molecule is CCOC(=O)c1cnn(-c2ccc(C(=O)Nc3cc(C(=O)OC(C)(C)C)ccn3)cc2)c1C. The van der Waals surface area contributed by atoms with Crippen molar-refractivity contribution in [3.05, 3.63) is 71.2 Å². The fourth-order valence-electron chi connectivity index (χ4n) is 2.98. The highest BCUT2D eigenvalue weighted by molar-refractivity contribution is 6.04. The molecule has 0 fully saturated rings. The molecule has 0 bridgehead atoms. The van der Waals surface area contributed by atoms with Crippen LogP contribution in [-0.4, -0.2) is 44.8 Å². The molecule has 3 rings (SSSR count). The third kappa shape index (κ3) is 5.82. The summed E-state index contributed by atoms with van der Waals surface area (Å²) in [6, 6.07) is 9.68. The molecule has 0 unspecified atom stereocenters. The largest absolute Gasteiger partial charge is 0.462 e. The number of esters is 2. The molecule has 1 aromatic carbocycles. The Morgan fingerprint density at radius 1 is 1.03 bits per heavy atom. The van der Waals surface area contributed by atoms with Gasteiger partial charge in [-0.1, -0.05) is 0 Å². The molecule has 9 nitrogen and oxygen atoms in total. The van der Waals surface area contributed by atoms with Gasteiger partial charge < -0.3 is 14.8 Å². The lowest BCUT2D eigenvalue weighted by Crippen LogP contribution is -2.24. The molecule has 0 saturated heterocycles. The molecule has 9 heteroatoms. The second-order valence-corrected chi connectivity index (χ2v) is 8.21. The maximum atomic E-state index is 12.7. The first kappa shape index (κ1) is 23.6. The quantitative estimate of drug-likeness (QED) is 0.566. The second kappa shape index (κ2) is 9.64. The fraction of sp³-hybridized carbons (Fsp3) is 0.292. The highest BCUT2D eigenvalue weighted by atomic mass is 16.6. The van der Waals surface area contributed by atoms with Crippen LogP contribution >= 0.6 is 0 Å². The Balaban J connectivity index is 1.72. The average Bonchev–Trinajstić information content (AvgIpc) is 3.14. The summed E-state index contributed by atoms with van der Waals surface area (Å²) in [5.74, 6) is -1.09. The highest BCUT2D eigenvalue weighted by Crippen LogP contribution is 2.18. The van der Waals surface area contributed by atoms with E-state index in [1.165, 1.54) is 24.5 Å². The second-order valence-electron chi connectivity index (χ2n) is 8.21. The van der Waals surface area contributed by atoms with Gasteiger partial charge in [-0.05, 0) is 71.0 Å². The highest BCUT2D eigenvalue weighted by Gasteiger charge is 2.19. The lowest BCUT2D eigenvalue weighted by molar-refractivity contribution is 0.00690. The first-order valence-electron chi connectivity index (χ1n) is 10.4. The topological polar surface area (TPSA) is 112 Å². The number of hydrogen-bond donors (Lipinski definition) is 1. The number of pyridine rings is 1. The molecule has 0 atom stereocenters. The molecule has 0 spiro atoms. The van der Waals surface area contributed by atoms with Crippen molar-refractivity contribution in [2.45, 2.75) is 40.2 Å². The van der Waals surface area contributed by atoms with Gasteiger partial charge in [-0.15, -0.1) is 0 Å². The van der Waals surface area contributed by atoms with Gasteiger partial charge in [0.15, 0.2) is 0 Å². The molecule has 33 heavy (non-hydrogen) atoms. The van der Waals surface area contributed by atoms with E-state index >= 15 is 0 Å². The number of benzene rings is 1. The van der Waals surface area contributed by atoms with E-state index in [1.54, 1.807) is 63.6 Å². The molecule has 0 saturated carbocycles. The Labute approximate surface area is 191 Å². The van der Waals surface area contributed by atoms with Crippen molar-refractivity contribution in [2.24, 2.45) is 0 Å². The van der Waals surface area contributed by atoms with Crippen LogP contribution in [0.3, 0.4) is 0 Å². The zero-order chi connectivity index (χ0) is 24.2. The predicted molar refractivity (Wildman–Crippen MR) is 122 cm³/mol. The normalized spacial score (nSPS) is 11.1. The number of amides is 1. The summed E-state index contributed by atoms with van der Waals surface area (Å²) in [5.41, 5.74) is 1.75. The summed E-state index contributed by atoms with van der Waals surface area (Å²) in [6.45, 7) is 9.12. The van der Waals surface area contributed by atoms with E-state index in [-0.39, 0.29) is 23.9 Å². The van der Waals surface area contributed by atoms with E-state index in [0.717, 1.165) is 0 Å². The van der Waals surface area contributed by atoms with E-state index in [9.17, 15) is 14.4 Å². The van der Waals surface area contributed by atoms with Gasteiger partial charge in [0.05, 0.1) is 29.7 Å². The van der Waals surface area contributed by atoms with Gasteiger partial charge >= 0.3 is 11.9 Å². The van der Waals surface area contributed by atoms with E-state index in [0.29, 0.717) is 22.5 Å². The standard InChI is InChI=1S/C24H26N4O5/c1-6-32-23(31)19-14-26-28(15(19)2)18-9-7-16(8-10-18)21(29)27-20-13-17(11-12-25-20)22(30)33-24(3,4)5/h7-14H,6H2,1-5H3,(H,25,27,29). The van der Waals surface area contributed by atoms with Crippen molar-refractivity contribution in [2.75, 3.05) is 11.9 Å². The molecule has 0 aliphatic heterocycles. The summed E-state index contributed by atoms with van der Waals surface area (Å²) < 4.78 is 12.0. The zero-order valence-electron chi connectivity index (χ0n) is 19.2. The molecule has 1 N–H and O–H groups in total. The van der Waals surface area contributed by atoms with Gasteiger partial charge in [-0.2, -0.15) is 5.10 Å². The zero-order valence-corrected chi connectivity index (χ0v) is 19.2. The van der Waals surface area contributed by atoms with Gasteiger partial charge in [0.1, 0.15) is 17.0 Å². The first-order chi connectivity index (χ1) is 15.6. The molecule has 172 valence electrons. The number of rotatable bonds is 6. The van der Waals surface area contributed by atoms with E-state index in [1.807, 2.05) is 0 Å². The molecule has 0 radical (unpaired) electrons. The number of ether oxygens (including phenoxy) is 2. The van der Waals surface area contributed by atoms with Crippen molar-refractivity contribution >= 4 is 23.7 Å². The Bertz CT molecular complexity index is 1180. The Morgan fingerprint density at radius 3 is 2.36 bits per heavy atom. The molecule has 1 amide bonds. The smallest absolute Gasteiger partial charge is 0.341 e. The minimum absolute atomic E-state index is 0.231. The number of hydrogen-bond acceptors (Lipinski definition) is 7. The first-order valence-corrected chi connectivity index (χ1v) is 10.4. The maximum absolute atomic E-state index is 12.7. The summed E-state index contributed by atoms with van der Waals surface area (Å²) in [6.07, 6.45) is 2.89. The van der Waals surface area contributed by atoms with Crippen LogP contribution in [0.4, 0.5) is 5.82 Å². The van der Waals surface area contributed by atoms with Crippen molar-refractivity contribution in [1.82, 2.24) is 14.8 Å².